The van der Waals surface area contributed by atoms with E-state index < -0.39 is 11.5 Å². The van der Waals surface area contributed by atoms with Gasteiger partial charge in [0.25, 0.3) is 5.56 Å². The zero-order valence-corrected chi connectivity index (χ0v) is 11.1. The van der Waals surface area contributed by atoms with Crippen LogP contribution in [-0.2, 0) is 6.54 Å². The lowest BCUT2D eigenvalue weighted by Gasteiger charge is -2.08. The first-order valence-electron chi connectivity index (χ1n) is 5.29. The van der Waals surface area contributed by atoms with E-state index in [1.165, 1.54) is 6.20 Å². The fourth-order valence-corrected chi connectivity index (χ4v) is 1.89. The number of amides is 1. The van der Waals surface area contributed by atoms with Crippen LogP contribution >= 0.6 is 23.2 Å². The molecule has 0 aliphatic rings. The summed E-state index contributed by atoms with van der Waals surface area (Å²) in [4.78, 5) is 23.1. The van der Waals surface area contributed by atoms with E-state index >= 15 is 0 Å². The van der Waals surface area contributed by atoms with Crippen molar-refractivity contribution >= 4 is 29.1 Å². The molecule has 0 aliphatic carbocycles. The van der Waals surface area contributed by atoms with Crippen LogP contribution in [0.2, 0.25) is 10.0 Å². The first-order valence-corrected chi connectivity index (χ1v) is 6.05. The molecule has 0 saturated heterocycles. The molecule has 0 unspecified atom stereocenters. The lowest BCUT2D eigenvalue weighted by Crippen LogP contribution is -2.25. The highest BCUT2D eigenvalue weighted by molar-refractivity contribution is 6.41. The van der Waals surface area contributed by atoms with E-state index in [2.05, 4.69) is 5.10 Å². The largest absolute Gasteiger partial charge is 0.366 e. The molecule has 2 aromatic rings. The van der Waals surface area contributed by atoms with E-state index in [9.17, 15) is 9.59 Å². The molecule has 1 heterocycles. The summed E-state index contributed by atoms with van der Waals surface area (Å²) in [5, 5.41) is 3.86. The first kappa shape index (κ1) is 13.6. The Balaban J connectivity index is 2.46. The van der Waals surface area contributed by atoms with E-state index in [0.717, 1.165) is 4.68 Å². The molecule has 1 aromatic heterocycles. The number of nitrogens with zero attached hydrogens (tertiary/aromatic N) is 2. The van der Waals surface area contributed by atoms with Gasteiger partial charge >= 0.3 is 0 Å². The molecule has 2 N–H and O–H groups in total. The van der Waals surface area contributed by atoms with Crippen LogP contribution in [0.3, 0.4) is 0 Å². The van der Waals surface area contributed by atoms with Crippen molar-refractivity contribution in [1.82, 2.24) is 9.78 Å². The maximum atomic E-state index is 11.8. The molecule has 0 atom stereocenters. The smallest absolute Gasteiger partial charge is 0.287 e. The molecule has 7 heteroatoms. The minimum Gasteiger partial charge on any atom is -0.366 e. The van der Waals surface area contributed by atoms with Crippen molar-refractivity contribution in [2.24, 2.45) is 5.73 Å². The lowest BCUT2D eigenvalue weighted by molar-refractivity contribution is 0.0999. The van der Waals surface area contributed by atoms with Crippen molar-refractivity contribution in [3.05, 3.63) is 62.0 Å². The zero-order valence-electron chi connectivity index (χ0n) is 9.64. The van der Waals surface area contributed by atoms with Gasteiger partial charge in [0.2, 0.25) is 5.91 Å². The maximum absolute atomic E-state index is 11.8. The van der Waals surface area contributed by atoms with Crippen LogP contribution in [0.5, 0.6) is 0 Å². The number of carbonyl (C=O) groups excluding carboxylic acids is 1. The molecular formula is C12H9Cl2N3O2. The third-order valence-corrected chi connectivity index (χ3v) is 3.29. The highest BCUT2D eigenvalue weighted by Gasteiger charge is 2.11. The second-order valence-corrected chi connectivity index (χ2v) is 4.58. The molecule has 0 radical (unpaired) electrons. The van der Waals surface area contributed by atoms with E-state index in [1.807, 2.05) is 0 Å². The van der Waals surface area contributed by atoms with Crippen molar-refractivity contribution in [3.8, 4) is 0 Å². The van der Waals surface area contributed by atoms with Crippen molar-refractivity contribution in [2.75, 3.05) is 0 Å². The molecule has 1 aromatic carbocycles. The van der Waals surface area contributed by atoms with Gasteiger partial charge in [-0.05, 0) is 11.6 Å². The van der Waals surface area contributed by atoms with Gasteiger partial charge < -0.3 is 5.73 Å². The molecule has 0 spiro atoms. The normalized spacial score (nSPS) is 10.4. The summed E-state index contributed by atoms with van der Waals surface area (Å²) in [5.41, 5.74) is 5.67. The standard InChI is InChI=1S/C12H9Cl2N3O2/c13-9-5-16-17(12(19)10(9)14)6-7-3-1-2-4-8(7)11(15)18/h1-5H,6H2,(H2,15,18). The van der Waals surface area contributed by atoms with Gasteiger partial charge in [-0.25, -0.2) is 4.68 Å². The number of hydrogen-bond acceptors (Lipinski definition) is 3. The molecule has 2 rings (SSSR count). The predicted octanol–water partition coefficient (Wildman–Crippen LogP) is 1.70. The SMILES string of the molecule is NC(=O)c1ccccc1Cn1ncc(Cl)c(Cl)c1=O. The number of carbonyl (C=O) groups is 1. The zero-order chi connectivity index (χ0) is 14.0. The van der Waals surface area contributed by atoms with Crippen LogP contribution < -0.4 is 11.3 Å². The predicted molar refractivity (Wildman–Crippen MR) is 72.6 cm³/mol. The van der Waals surface area contributed by atoms with Crippen LogP contribution in [0.1, 0.15) is 15.9 Å². The average molecular weight is 298 g/mol. The molecule has 0 saturated carbocycles. The molecule has 19 heavy (non-hydrogen) atoms. The van der Waals surface area contributed by atoms with Crippen LogP contribution in [-0.4, -0.2) is 15.7 Å². The van der Waals surface area contributed by atoms with Crippen molar-refractivity contribution in [2.45, 2.75) is 6.54 Å². The highest BCUT2D eigenvalue weighted by Crippen LogP contribution is 2.15. The molecule has 0 bridgehead atoms. The highest BCUT2D eigenvalue weighted by atomic mass is 35.5. The third kappa shape index (κ3) is 2.77. The van der Waals surface area contributed by atoms with E-state index in [4.69, 9.17) is 28.9 Å². The number of halogens is 2. The Bertz CT molecular complexity index is 698. The maximum Gasteiger partial charge on any atom is 0.287 e. The topological polar surface area (TPSA) is 78.0 Å². The summed E-state index contributed by atoms with van der Waals surface area (Å²) in [6.07, 6.45) is 1.28. The summed E-state index contributed by atoms with van der Waals surface area (Å²) in [5.74, 6) is -0.566. The number of primary amides is 1. The van der Waals surface area contributed by atoms with Crippen molar-refractivity contribution in [1.29, 1.82) is 0 Å². The molecule has 98 valence electrons. The Labute approximate surface area is 118 Å². The Morgan fingerprint density at radius 3 is 2.68 bits per heavy atom. The summed E-state index contributed by atoms with van der Waals surface area (Å²) in [6.45, 7) is 0.0921. The van der Waals surface area contributed by atoms with Gasteiger partial charge in [-0.2, -0.15) is 5.10 Å². The van der Waals surface area contributed by atoms with E-state index in [-0.39, 0.29) is 16.6 Å². The van der Waals surface area contributed by atoms with Crippen LogP contribution in [0, 0.1) is 0 Å². The summed E-state index contributed by atoms with van der Waals surface area (Å²) in [6, 6.07) is 6.70. The second kappa shape index (κ2) is 5.42. The van der Waals surface area contributed by atoms with Gasteiger partial charge in [-0.3, -0.25) is 9.59 Å². The van der Waals surface area contributed by atoms with Crippen LogP contribution in [0.4, 0.5) is 0 Å². The molecule has 1 amide bonds. The number of nitrogens with two attached hydrogens (primary N) is 1. The lowest BCUT2D eigenvalue weighted by atomic mass is 10.1. The van der Waals surface area contributed by atoms with Crippen molar-refractivity contribution < 1.29 is 4.79 Å². The second-order valence-electron chi connectivity index (χ2n) is 3.79. The Hall–Kier alpha value is -1.85. The minimum atomic E-state index is -0.566. The first-order chi connectivity index (χ1) is 9.00. The van der Waals surface area contributed by atoms with Crippen LogP contribution in [0.15, 0.2) is 35.3 Å². The molecule has 0 aliphatic heterocycles. The monoisotopic (exact) mass is 297 g/mol. The summed E-state index contributed by atoms with van der Waals surface area (Å²) >= 11 is 11.4. The Morgan fingerprint density at radius 1 is 1.32 bits per heavy atom. The minimum absolute atomic E-state index is 0.0890. The van der Waals surface area contributed by atoms with Gasteiger partial charge in [0.05, 0.1) is 17.8 Å². The van der Waals surface area contributed by atoms with Crippen molar-refractivity contribution in [3.63, 3.8) is 0 Å². The summed E-state index contributed by atoms with van der Waals surface area (Å²) < 4.78 is 1.12. The van der Waals surface area contributed by atoms with Crippen LogP contribution in [0.25, 0.3) is 0 Å². The van der Waals surface area contributed by atoms with E-state index in [1.54, 1.807) is 24.3 Å². The number of aromatic nitrogens is 2. The van der Waals surface area contributed by atoms with Gasteiger partial charge in [0.15, 0.2) is 0 Å². The Morgan fingerprint density at radius 2 is 2.00 bits per heavy atom. The molecule has 5 nitrogen and oxygen atoms in total. The number of hydrogen-bond donors (Lipinski definition) is 1. The van der Waals surface area contributed by atoms with Gasteiger partial charge in [0.1, 0.15) is 5.02 Å². The van der Waals surface area contributed by atoms with E-state index in [0.29, 0.717) is 11.1 Å². The van der Waals surface area contributed by atoms with Gasteiger partial charge in [-0.15, -0.1) is 0 Å². The Kier molecular flexibility index (Phi) is 3.87. The molecule has 0 fully saturated rings. The average Bonchev–Trinajstić information content (AvgIpc) is 2.40. The molecular weight excluding hydrogens is 289 g/mol. The van der Waals surface area contributed by atoms with Gasteiger partial charge in [-0.1, -0.05) is 41.4 Å². The quantitative estimate of drug-likeness (QED) is 0.936. The fraction of sp³-hybridized carbons (Fsp3) is 0.0833. The number of rotatable bonds is 3. The van der Waals surface area contributed by atoms with Gasteiger partial charge in [0, 0.05) is 5.56 Å². The summed E-state index contributed by atoms with van der Waals surface area (Å²) in [7, 11) is 0. The number of benzene rings is 1. The third-order valence-electron chi connectivity index (χ3n) is 2.55. The fourth-order valence-electron chi connectivity index (χ4n) is 1.62.